The van der Waals surface area contributed by atoms with Gasteiger partial charge in [-0.05, 0) is 30.2 Å². The highest BCUT2D eigenvalue weighted by molar-refractivity contribution is 6.30. The maximum atomic E-state index is 5.99. The van der Waals surface area contributed by atoms with Gasteiger partial charge in [0.15, 0.2) is 0 Å². The molecule has 0 saturated heterocycles. The summed E-state index contributed by atoms with van der Waals surface area (Å²) in [7, 11) is 3.04. The lowest BCUT2D eigenvalue weighted by atomic mass is 9.99. The van der Waals surface area contributed by atoms with Crippen LogP contribution in [0.25, 0.3) is 0 Å². The number of benzene rings is 1. The molecule has 1 heterocycles. The Morgan fingerprint density at radius 2 is 2.05 bits per heavy atom. The summed E-state index contributed by atoms with van der Waals surface area (Å²) >= 11 is 5.99. The molecule has 21 heavy (non-hydrogen) atoms. The molecular formula is C14H17ClN4O2. The smallest absolute Gasteiger partial charge is 0.240 e. The van der Waals surface area contributed by atoms with Crippen molar-refractivity contribution >= 4 is 11.6 Å². The SMILES string of the molecule is COc1cnc(C(NN)c2ccc(Cl)cc2C)c(OC)n1. The number of hydrogen-bond acceptors (Lipinski definition) is 6. The summed E-state index contributed by atoms with van der Waals surface area (Å²) in [5, 5.41) is 0.666. The molecule has 0 aliphatic carbocycles. The monoisotopic (exact) mass is 308 g/mol. The van der Waals surface area contributed by atoms with Gasteiger partial charge in [-0.25, -0.2) is 10.4 Å². The lowest BCUT2D eigenvalue weighted by Crippen LogP contribution is -2.30. The molecule has 0 fully saturated rings. The van der Waals surface area contributed by atoms with E-state index in [1.807, 2.05) is 19.1 Å². The van der Waals surface area contributed by atoms with Gasteiger partial charge >= 0.3 is 0 Å². The van der Waals surface area contributed by atoms with Crippen LogP contribution < -0.4 is 20.7 Å². The van der Waals surface area contributed by atoms with Crippen LogP contribution in [0.2, 0.25) is 5.02 Å². The molecule has 7 heteroatoms. The fraction of sp³-hybridized carbons (Fsp3) is 0.286. The molecule has 0 radical (unpaired) electrons. The predicted octanol–water partition coefficient (Wildman–Crippen LogP) is 2.01. The summed E-state index contributed by atoms with van der Waals surface area (Å²) in [6, 6.07) is 5.20. The fourth-order valence-electron chi connectivity index (χ4n) is 2.09. The Kier molecular flexibility index (Phi) is 4.95. The van der Waals surface area contributed by atoms with Crippen LogP contribution in [0.5, 0.6) is 11.8 Å². The molecule has 2 aromatic rings. The van der Waals surface area contributed by atoms with E-state index in [4.69, 9.17) is 26.9 Å². The largest absolute Gasteiger partial charge is 0.480 e. The van der Waals surface area contributed by atoms with Gasteiger partial charge in [0, 0.05) is 5.02 Å². The molecule has 1 unspecified atom stereocenters. The van der Waals surface area contributed by atoms with E-state index < -0.39 is 0 Å². The van der Waals surface area contributed by atoms with Gasteiger partial charge in [0.1, 0.15) is 5.69 Å². The predicted molar refractivity (Wildman–Crippen MR) is 80.5 cm³/mol. The number of ether oxygens (including phenoxy) is 2. The molecule has 0 amide bonds. The molecule has 2 rings (SSSR count). The molecule has 3 N–H and O–H groups in total. The van der Waals surface area contributed by atoms with Crippen molar-refractivity contribution in [3.8, 4) is 11.8 Å². The van der Waals surface area contributed by atoms with E-state index in [9.17, 15) is 0 Å². The van der Waals surface area contributed by atoms with Gasteiger partial charge < -0.3 is 9.47 Å². The number of rotatable bonds is 5. The number of nitrogens with zero attached hydrogens (tertiary/aromatic N) is 2. The summed E-state index contributed by atoms with van der Waals surface area (Å²) in [4.78, 5) is 8.57. The number of aryl methyl sites for hydroxylation is 1. The highest BCUT2D eigenvalue weighted by atomic mass is 35.5. The van der Waals surface area contributed by atoms with Crippen LogP contribution in [0.1, 0.15) is 22.9 Å². The Morgan fingerprint density at radius 1 is 1.29 bits per heavy atom. The van der Waals surface area contributed by atoms with Crippen molar-refractivity contribution in [1.29, 1.82) is 0 Å². The second-order valence-electron chi connectivity index (χ2n) is 4.41. The number of halogens is 1. The first-order valence-electron chi connectivity index (χ1n) is 6.27. The molecule has 1 atom stereocenters. The molecule has 0 aliphatic heterocycles. The number of nitrogens with two attached hydrogens (primary N) is 1. The second kappa shape index (κ2) is 6.71. The van der Waals surface area contributed by atoms with E-state index in [-0.39, 0.29) is 6.04 Å². The van der Waals surface area contributed by atoms with E-state index in [1.165, 1.54) is 20.4 Å². The summed E-state index contributed by atoms with van der Waals surface area (Å²) in [6.45, 7) is 1.95. The van der Waals surface area contributed by atoms with Crippen LogP contribution in [0.4, 0.5) is 0 Å². The summed E-state index contributed by atoms with van der Waals surface area (Å²) < 4.78 is 10.3. The topological polar surface area (TPSA) is 82.3 Å². The first-order valence-corrected chi connectivity index (χ1v) is 6.65. The molecule has 1 aromatic heterocycles. The summed E-state index contributed by atoms with van der Waals surface area (Å²) in [5.74, 6) is 6.43. The highest BCUT2D eigenvalue weighted by Crippen LogP contribution is 2.30. The lowest BCUT2D eigenvalue weighted by molar-refractivity contribution is 0.352. The van der Waals surface area contributed by atoms with Crippen molar-refractivity contribution < 1.29 is 9.47 Å². The van der Waals surface area contributed by atoms with Gasteiger partial charge in [-0.3, -0.25) is 5.84 Å². The Bertz CT molecular complexity index is 636. The van der Waals surface area contributed by atoms with E-state index in [0.717, 1.165) is 11.1 Å². The van der Waals surface area contributed by atoms with Crippen LogP contribution >= 0.6 is 11.6 Å². The van der Waals surface area contributed by atoms with Crippen molar-refractivity contribution in [2.45, 2.75) is 13.0 Å². The van der Waals surface area contributed by atoms with E-state index in [1.54, 1.807) is 6.07 Å². The Morgan fingerprint density at radius 3 is 2.62 bits per heavy atom. The van der Waals surface area contributed by atoms with Gasteiger partial charge in [-0.1, -0.05) is 17.7 Å². The Hall–Kier alpha value is -1.89. The van der Waals surface area contributed by atoms with Gasteiger partial charge in [-0.15, -0.1) is 0 Å². The van der Waals surface area contributed by atoms with Crippen molar-refractivity contribution in [2.75, 3.05) is 14.2 Å². The maximum Gasteiger partial charge on any atom is 0.240 e. The van der Waals surface area contributed by atoms with Gasteiger partial charge in [-0.2, -0.15) is 4.98 Å². The molecule has 0 aliphatic rings. The standard InChI is InChI=1S/C14H17ClN4O2/c1-8-6-9(15)4-5-10(8)12(19-16)13-14(21-3)18-11(20-2)7-17-13/h4-7,12,19H,16H2,1-3H3. The first kappa shape index (κ1) is 15.5. The van der Waals surface area contributed by atoms with Gasteiger partial charge in [0.05, 0.1) is 26.5 Å². The summed E-state index contributed by atoms with van der Waals surface area (Å²) in [6.07, 6.45) is 1.52. The van der Waals surface area contributed by atoms with Crippen LogP contribution in [-0.2, 0) is 0 Å². The minimum Gasteiger partial charge on any atom is -0.480 e. The Labute approximate surface area is 128 Å². The number of hydrogen-bond donors (Lipinski definition) is 2. The third kappa shape index (κ3) is 3.24. The number of aromatic nitrogens is 2. The van der Waals surface area contributed by atoms with E-state index in [0.29, 0.717) is 22.5 Å². The van der Waals surface area contributed by atoms with E-state index >= 15 is 0 Å². The zero-order chi connectivity index (χ0) is 15.4. The van der Waals surface area contributed by atoms with Crippen molar-refractivity contribution in [3.05, 3.63) is 46.2 Å². The maximum absolute atomic E-state index is 5.99. The molecule has 1 aromatic carbocycles. The number of methoxy groups -OCH3 is 2. The summed E-state index contributed by atoms with van der Waals surface area (Å²) in [5.41, 5.74) is 5.25. The molecule has 0 bridgehead atoms. The molecular weight excluding hydrogens is 292 g/mol. The fourth-order valence-corrected chi connectivity index (χ4v) is 2.32. The second-order valence-corrected chi connectivity index (χ2v) is 4.84. The van der Waals surface area contributed by atoms with Crippen LogP contribution in [0, 0.1) is 6.92 Å². The minimum absolute atomic E-state index is 0.353. The van der Waals surface area contributed by atoms with Crippen LogP contribution in [0.15, 0.2) is 24.4 Å². The van der Waals surface area contributed by atoms with Gasteiger partial charge in [0.2, 0.25) is 11.8 Å². The van der Waals surface area contributed by atoms with Crippen molar-refractivity contribution in [2.24, 2.45) is 5.84 Å². The van der Waals surface area contributed by atoms with Crippen LogP contribution in [-0.4, -0.2) is 24.2 Å². The van der Waals surface area contributed by atoms with E-state index in [2.05, 4.69) is 15.4 Å². The lowest BCUT2D eigenvalue weighted by Gasteiger charge is -2.20. The molecule has 112 valence electrons. The number of hydrazine groups is 1. The third-order valence-corrected chi connectivity index (χ3v) is 3.37. The molecule has 0 spiro atoms. The first-order chi connectivity index (χ1) is 10.1. The third-order valence-electron chi connectivity index (χ3n) is 3.13. The van der Waals surface area contributed by atoms with Crippen molar-refractivity contribution in [3.63, 3.8) is 0 Å². The molecule has 0 saturated carbocycles. The van der Waals surface area contributed by atoms with Crippen molar-refractivity contribution in [1.82, 2.24) is 15.4 Å². The van der Waals surface area contributed by atoms with Gasteiger partial charge in [0.25, 0.3) is 0 Å². The average molecular weight is 309 g/mol. The number of nitrogens with one attached hydrogen (secondary N) is 1. The van der Waals surface area contributed by atoms with Crippen LogP contribution in [0.3, 0.4) is 0 Å². The zero-order valence-corrected chi connectivity index (χ0v) is 12.8. The highest BCUT2D eigenvalue weighted by Gasteiger charge is 2.22. The quantitative estimate of drug-likeness (QED) is 0.649. The zero-order valence-electron chi connectivity index (χ0n) is 12.1. The normalized spacial score (nSPS) is 12.0. The molecule has 6 nitrogen and oxygen atoms in total. The minimum atomic E-state index is -0.365. The average Bonchev–Trinajstić information content (AvgIpc) is 2.50. The Balaban J connectivity index is 2.50.